The van der Waals surface area contributed by atoms with Crippen LogP contribution in [0.5, 0.6) is 0 Å². The van der Waals surface area contributed by atoms with Crippen molar-refractivity contribution in [2.75, 3.05) is 67.7 Å². The van der Waals surface area contributed by atoms with Crippen LogP contribution >= 0.6 is 0 Å². The van der Waals surface area contributed by atoms with Crippen molar-refractivity contribution < 1.29 is 9.47 Å². The van der Waals surface area contributed by atoms with Crippen LogP contribution in [0, 0.1) is 6.92 Å². The van der Waals surface area contributed by atoms with E-state index in [-0.39, 0.29) is 0 Å². The first-order valence-electron chi connectivity index (χ1n) is 10.2. The Balaban J connectivity index is 1.42. The minimum Gasteiger partial charge on any atom is -0.378 e. The molecule has 2 aromatic heterocycles. The Kier molecular flexibility index (Phi) is 4.95. The fraction of sp³-hybridized carbons (Fsp3) is 0.429. The van der Waals surface area contributed by atoms with Gasteiger partial charge < -0.3 is 29.6 Å². The minimum absolute atomic E-state index is 0.705. The summed E-state index contributed by atoms with van der Waals surface area (Å²) in [5.74, 6) is 1.55. The summed E-state index contributed by atoms with van der Waals surface area (Å²) >= 11 is 0. The Labute approximate surface area is 169 Å². The molecule has 0 saturated carbocycles. The van der Waals surface area contributed by atoms with Crippen LogP contribution in [-0.4, -0.2) is 67.6 Å². The Bertz CT molecular complexity index is 975. The Morgan fingerprint density at radius 3 is 2.24 bits per heavy atom. The number of aromatic nitrogens is 3. The third kappa shape index (κ3) is 3.86. The van der Waals surface area contributed by atoms with Gasteiger partial charge in [-0.05, 0) is 37.3 Å². The lowest BCUT2D eigenvalue weighted by molar-refractivity contribution is 0.122. The predicted octanol–water partition coefficient (Wildman–Crippen LogP) is 2.68. The molecule has 2 N–H and O–H groups in total. The highest BCUT2D eigenvalue weighted by atomic mass is 16.5. The maximum Gasteiger partial charge on any atom is 0.229 e. The zero-order valence-electron chi connectivity index (χ0n) is 16.6. The second-order valence-electron chi connectivity index (χ2n) is 7.46. The number of anilines is 4. The zero-order valence-corrected chi connectivity index (χ0v) is 16.6. The summed E-state index contributed by atoms with van der Waals surface area (Å²) in [5.41, 5.74) is 4.15. The topological polar surface area (TPSA) is 78.5 Å². The average molecular weight is 394 g/mol. The number of morpholine rings is 2. The summed E-state index contributed by atoms with van der Waals surface area (Å²) in [4.78, 5) is 17.5. The molecule has 4 heterocycles. The predicted molar refractivity (Wildman–Crippen MR) is 114 cm³/mol. The number of aryl methyl sites for hydroxylation is 1. The molecule has 2 fully saturated rings. The second kappa shape index (κ2) is 7.88. The minimum atomic E-state index is 0.705. The van der Waals surface area contributed by atoms with E-state index in [1.807, 2.05) is 6.92 Å². The number of aromatic amines is 1. The fourth-order valence-electron chi connectivity index (χ4n) is 3.84. The molecule has 0 spiro atoms. The van der Waals surface area contributed by atoms with Gasteiger partial charge >= 0.3 is 0 Å². The van der Waals surface area contributed by atoms with Gasteiger partial charge in [0.05, 0.1) is 31.8 Å². The fourth-order valence-corrected chi connectivity index (χ4v) is 3.84. The van der Waals surface area contributed by atoms with E-state index in [1.165, 1.54) is 5.69 Å². The van der Waals surface area contributed by atoms with Crippen LogP contribution in [-0.2, 0) is 9.47 Å². The molecular formula is C21H26N6O2. The summed E-state index contributed by atoms with van der Waals surface area (Å²) in [6, 6.07) is 10.6. The van der Waals surface area contributed by atoms with Gasteiger partial charge in [-0.3, -0.25) is 0 Å². The number of rotatable bonds is 4. The Hall–Kier alpha value is -2.84. The molecular weight excluding hydrogens is 368 g/mol. The van der Waals surface area contributed by atoms with E-state index in [1.54, 1.807) is 0 Å². The largest absolute Gasteiger partial charge is 0.378 e. The van der Waals surface area contributed by atoms with Crippen LogP contribution in [0.1, 0.15) is 5.69 Å². The van der Waals surface area contributed by atoms with Crippen molar-refractivity contribution >= 4 is 34.2 Å². The molecule has 8 heteroatoms. The number of ether oxygens (including phenoxy) is 2. The van der Waals surface area contributed by atoms with E-state index in [2.05, 4.69) is 50.4 Å². The number of hydrogen-bond donors (Lipinski definition) is 2. The maximum atomic E-state index is 5.47. The first-order chi connectivity index (χ1) is 14.3. The highest BCUT2D eigenvalue weighted by molar-refractivity contribution is 5.90. The van der Waals surface area contributed by atoms with Crippen LogP contribution in [0.3, 0.4) is 0 Å². The van der Waals surface area contributed by atoms with Gasteiger partial charge in [0.2, 0.25) is 5.95 Å². The molecule has 2 aliphatic heterocycles. The lowest BCUT2D eigenvalue weighted by atomic mass is 10.2. The van der Waals surface area contributed by atoms with Crippen molar-refractivity contribution in [2.24, 2.45) is 0 Å². The normalized spacial score (nSPS) is 17.7. The van der Waals surface area contributed by atoms with Crippen molar-refractivity contribution in [1.82, 2.24) is 15.0 Å². The first kappa shape index (κ1) is 18.2. The lowest BCUT2D eigenvalue weighted by Crippen LogP contribution is -2.37. The van der Waals surface area contributed by atoms with E-state index in [0.29, 0.717) is 13.2 Å². The van der Waals surface area contributed by atoms with E-state index in [9.17, 15) is 0 Å². The summed E-state index contributed by atoms with van der Waals surface area (Å²) in [5, 5.41) is 4.49. The average Bonchev–Trinajstić information content (AvgIpc) is 3.16. The molecule has 2 aliphatic rings. The maximum absolute atomic E-state index is 5.47. The van der Waals surface area contributed by atoms with Gasteiger partial charge in [-0.25, -0.2) is 0 Å². The van der Waals surface area contributed by atoms with E-state index < -0.39 is 0 Å². The SMILES string of the molecule is Cc1cc2c(Nc3ccc(N4CCOCC4)cc3)nc(N3CCOCC3)nc2[nH]1. The van der Waals surface area contributed by atoms with Gasteiger partial charge in [-0.2, -0.15) is 9.97 Å². The first-order valence-corrected chi connectivity index (χ1v) is 10.2. The monoisotopic (exact) mass is 394 g/mol. The van der Waals surface area contributed by atoms with Crippen molar-refractivity contribution in [3.05, 3.63) is 36.0 Å². The number of nitrogens with zero attached hydrogens (tertiary/aromatic N) is 4. The van der Waals surface area contributed by atoms with Gasteiger partial charge in [-0.15, -0.1) is 0 Å². The number of H-pyrrole nitrogens is 1. The summed E-state index contributed by atoms with van der Waals surface area (Å²) in [6.07, 6.45) is 0. The standard InChI is InChI=1S/C21H26N6O2/c1-15-14-18-19(22-15)24-21(27-8-12-29-13-9-27)25-20(18)23-16-2-4-17(5-3-16)26-6-10-28-11-7-26/h2-5,14H,6-13H2,1H3,(H2,22,23,24,25). The molecule has 2 saturated heterocycles. The highest BCUT2D eigenvalue weighted by Gasteiger charge is 2.18. The van der Waals surface area contributed by atoms with Gasteiger partial charge in [0.25, 0.3) is 0 Å². The Morgan fingerprint density at radius 2 is 1.55 bits per heavy atom. The molecule has 8 nitrogen and oxygen atoms in total. The molecule has 152 valence electrons. The van der Waals surface area contributed by atoms with Gasteiger partial charge in [0.1, 0.15) is 11.5 Å². The molecule has 0 radical (unpaired) electrons. The van der Waals surface area contributed by atoms with Crippen LogP contribution < -0.4 is 15.1 Å². The van der Waals surface area contributed by atoms with Gasteiger partial charge in [0, 0.05) is 43.2 Å². The number of hydrogen-bond acceptors (Lipinski definition) is 7. The smallest absolute Gasteiger partial charge is 0.229 e. The van der Waals surface area contributed by atoms with Crippen molar-refractivity contribution in [3.8, 4) is 0 Å². The molecule has 29 heavy (non-hydrogen) atoms. The number of fused-ring (bicyclic) bond motifs is 1. The van der Waals surface area contributed by atoms with E-state index >= 15 is 0 Å². The summed E-state index contributed by atoms with van der Waals surface area (Å²) in [7, 11) is 0. The van der Waals surface area contributed by atoms with Crippen LogP contribution in [0.15, 0.2) is 30.3 Å². The lowest BCUT2D eigenvalue weighted by Gasteiger charge is -2.29. The van der Waals surface area contributed by atoms with Crippen molar-refractivity contribution in [3.63, 3.8) is 0 Å². The van der Waals surface area contributed by atoms with Crippen molar-refractivity contribution in [2.45, 2.75) is 6.92 Å². The highest BCUT2D eigenvalue weighted by Crippen LogP contribution is 2.28. The van der Waals surface area contributed by atoms with Gasteiger partial charge in [-0.1, -0.05) is 0 Å². The Morgan fingerprint density at radius 1 is 0.897 bits per heavy atom. The molecule has 3 aromatic rings. The van der Waals surface area contributed by atoms with Gasteiger partial charge in [0.15, 0.2) is 0 Å². The second-order valence-corrected chi connectivity index (χ2v) is 7.46. The van der Waals surface area contributed by atoms with Crippen LogP contribution in [0.4, 0.5) is 23.1 Å². The zero-order chi connectivity index (χ0) is 19.6. The summed E-state index contributed by atoms with van der Waals surface area (Å²) in [6.45, 7) is 8.50. The molecule has 0 unspecified atom stereocenters. The number of benzene rings is 1. The molecule has 0 bridgehead atoms. The molecule has 0 amide bonds. The van der Waals surface area contributed by atoms with Crippen LogP contribution in [0.25, 0.3) is 11.0 Å². The van der Waals surface area contributed by atoms with E-state index in [0.717, 1.165) is 73.6 Å². The quantitative estimate of drug-likeness (QED) is 0.704. The molecule has 1 aromatic carbocycles. The van der Waals surface area contributed by atoms with Crippen LogP contribution in [0.2, 0.25) is 0 Å². The molecule has 0 atom stereocenters. The number of nitrogens with one attached hydrogen (secondary N) is 2. The summed E-state index contributed by atoms with van der Waals surface area (Å²) < 4.78 is 10.9. The van der Waals surface area contributed by atoms with Crippen molar-refractivity contribution in [1.29, 1.82) is 0 Å². The molecule has 0 aliphatic carbocycles. The third-order valence-corrected chi connectivity index (χ3v) is 5.41. The third-order valence-electron chi connectivity index (χ3n) is 5.41. The molecule has 5 rings (SSSR count). The van der Waals surface area contributed by atoms with E-state index in [4.69, 9.17) is 19.4 Å².